The standard InChI is InChI=1S/C13H17N5O2/c1-9-11(5-7-20-9)13(19)18-6-3-2-4-10(18)8-12-14-16-17-15-12/h5,7,10H,2-4,6,8H2,1H3,(H,14,15,16,17). The Morgan fingerprint density at radius 1 is 1.55 bits per heavy atom. The molecule has 3 heterocycles. The van der Waals surface area contributed by atoms with Gasteiger partial charge in [-0.05, 0) is 32.3 Å². The topological polar surface area (TPSA) is 87.9 Å². The highest BCUT2D eigenvalue weighted by Crippen LogP contribution is 2.23. The van der Waals surface area contributed by atoms with Crippen molar-refractivity contribution in [1.82, 2.24) is 25.5 Å². The zero-order chi connectivity index (χ0) is 13.9. The van der Waals surface area contributed by atoms with Crippen LogP contribution in [-0.2, 0) is 6.42 Å². The first-order valence-corrected chi connectivity index (χ1v) is 6.83. The van der Waals surface area contributed by atoms with Gasteiger partial charge in [-0.15, -0.1) is 10.2 Å². The zero-order valence-electron chi connectivity index (χ0n) is 11.4. The Morgan fingerprint density at radius 3 is 3.15 bits per heavy atom. The van der Waals surface area contributed by atoms with Crippen molar-refractivity contribution in [2.45, 2.75) is 38.6 Å². The number of rotatable bonds is 3. The Bertz CT molecular complexity index is 577. The maximum absolute atomic E-state index is 12.6. The number of hydrogen-bond donors (Lipinski definition) is 1. The minimum atomic E-state index is 0.0319. The summed E-state index contributed by atoms with van der Waals surface area (Å²) in [5.41, 5.74) is 0.644. The van der Waals surface area contributed by atoms with Crippen molar-refractivity contribution in [3.8, 4) is 0 Å². The summed E-state index contributed by atoms with van der Waals surface area (Å²) in [6, 6.07) is 1.86. The van der Waals surface area contributed by atoms with Gasteiger partial charge in [0.2, 0.25) is 0 Å². The van der Waals surface area contributed by atoms with Crippen molar-refractivity contribution >= 4 is 5.91 Å². The lowest BCUT2D eigenvalue weighted by Crippen LogP contribution is -2.45. The van der Waals surface area contributed by atoms with Crippen LogP contribution in [0.5, 0.6) is 0 Å². The van der Waals surface area contributed by atoms with Crippen LogP contribution in [0.1, 0.15) is 41.2 Å². The molecule has 20 heavy (non-hydrogen) atoms. The SMILES string of the molecule is Cc1occc1C(=O)N1CCCCC1Cc1nn[nH]n1. The van der Waals surface area contributed by atoms with Crippen LogP contribution in [0, 0.1) is 6.92 Å². The predicted octanol–water partition coefficient (Wildman–Crippen LogP) is 1.34. The Balaban J connectivity index is 1.78. The minimum Gasteiger partial charge on any atom is -0.469 e. The Hall–Kier alpha value is -2.18. The van der Waals surface area contributed by atoms with Crippen LogP contribution in [0.15, 0.2) is 16.7 Å². The second-order valence-electron chi connectivity index (χ2n) is 5.07. The summed E-state index contributed by atoms with van der Waals surface area (Å²) in [6.07, 6.45) is 5.32. The van der Waals surface area contributed by atoms with E-state index < -0.39 is 0 Å². The number of carbonyl (C=O) groups is 1. The molecule has 1 atom stereocenters. The van der Waals surface area contributed by atoms with Crippen LogP contribution < -0.4 is 0 Å². The minimum absolute atomic E-state index is 0.0319. The number of aryl methyl sites for hydroxylation is 1. The van der Waals surface area contributed by atoms with Crippen molar-refractivity contribution in [3.63, 3.8) is 0 Å². The van der Waals surface area contributed by atoms with Gasteiger partial charge in [0.1, 0.15) is 5.76 Å². The second kappa shape index (κ2) is 5.44. The average Bonchev–Trinajstić information content (AvgIpc) is 3.10. The predicted molar refractivity (Wildman–Crippen MR) is 70.0 cm³/mol. The fourth-order valence-electron chi connectivity index (χ4n) is 2.72. The number of H-pyrrole nitrogens is 1. The number of likely N-dealkylation sites (tertiary alicyclic amines) is 1. The first-order valence-electron chi connectivity index (χ1n) is 6.83. The van der Waals surface area contributed by atoms with E-state index in [1.54, 1.807) is 12.3 Å². The van der Waals surface area contributed by atoms with E-state index in [1.807, 2.05) is 11.8 Å². The van der Waals surface area contributed by atoms with Crippen molar-refractivity contribution < 1.29 is 9.21 Å². The highest BCUT2D eigenvalue weighted by Gasteiger charge is 2.29. The maximum Gasteiger partial charge on any atom is 0.257 e. The number of carbonyl (C=O) groups excluding carboxylic acids is 1. The molecule has 0 radical (unpaired) electrons. The van der Waals surface area contributed by atoms with Crippen LogP contribution in [-0.4, -0.2) is 44.0 Å². The van der Waals surface area contributed by atoms with Crippen molar-refractivity contribution in [3.05, 3.63) is 29.5 Å². The molecule has 1 amide bonds. The summed E-state index contributed by atoms with van der Waals surface area (Å²) in [7, 11) is 0. The molecule has 1 unspecified atom stereocenters. The molecule has 0 aromatic carbocycles. The number of amides is 1. The van der Waals surface area contributed by atoms with Gasteiger partial charge in [-0.3, -0.25) is 4.79 Å². The van der Waals surface area contributed by atoms with Gasteiger partial charge in [0, 0.05) is 19.0 Å². The quantitative estimate of drug-likeness (QED) is 0.913. The Kier molecular flexibility index (Phi) is 3.49. The van der Waals surface area contributed by atoms with E-state index in [9.17, 15) is 4.79 Å². The van der Waals surface area contributed by atoms with Gasteiger partial charge < -0.3 is 9.32 Å². The van der Waals surface area contributed by atoms with Gasteiger partial charge in [-0.2, -0.15) is 5.21 Å². The number of furan rings is 1. The fraction of sp³-hybridized carbons (Fsp3) is 0.538. The van der Waals surface area contributed by atoms with Gasteiger partial charge in [0.25, 0.3) is 5.91 Å². The summed E-state index contributed by atoms with van der Waals surface area (Å²) in [5.74, 6) is 1.35. The van der Waals surface area contributed by atoms with Gasteiger partial charge in [0.15, 0.2) is 5.82 Å². The fourth-order valence-corrected chi connectivity index (χ4v) is 2.72. The van der Waals surface area contributed by atoms with Crippen LogP contribution in [0.3, 0.4) is 0 Å². The highest BCUT2D eigenvalue weighted by molar-refractivity contribution is 5.95. The first kappa shape index (κ1) is 12.8. The van der Waals surface area contributed by atoms with Crippen molar-refractivity contribution in [2.75, 3.05) is 6.54 Å². The molecule has 1 fully saturated rings. The monoisotopic (exact) mass is 275 g/mol. The summed E-state index contributed by atoms with van der Waals surface area (Å²) < 4.78 is 5.23. The van der Waals surface area contributed by atoms with Crippen molar-refractivity contribution in [2.24, 2.45) is 0 Å². The molecule has 3 rings (SSSR count). The molecule has 0 aliphatic carbocycles. The normalized spacial score (nSPS) is 19.2. The molecule has 7 heteroatoms. The van der Waals surface area contributed by atoms with E-state index in [0.717, 1.165) is 25.8 Å². The number of aromatic amines is 1. The molecule has 0 saturated carbocycles. The third kappa shape index (κ3) is 2.43. The van der Waals surface area contributed by atoms with Gasteiger partial charge >= 0.3 is 0 Å². The third-order valence-electron chi connectivity index (χ3n) is 3.78. The largest absolute Gasteiger partial charge is 0.469 e. The molecule has 106 valence electrons. The highest BCUT2D eigenvalue weighted by atomic mass is 16.3. The summed E-state index contributed by atoms with van der Waals surface area (Å²) in [6.45, 7) is 2.58. The second-order valence-corrected chi connectivity index (χ2v) is 5.07. The molecular weight excluding hydrogens is 258 g/mol. The number of aromatic nitrogens is 4. The third-order valence-corrected chi connectivity index (χ3v) is 3.78. The first-order chi connectivity index (χ1) is 9.75. The van der Waals surface area contributed by atoms with Crippen LogP contribution in [0.2, 0.25) is 0 Å². The molecule has 2 aromatic heterocycles. The van der Waals surface area contributed by atoms with Crippen LogP contribution in [0.25, 0.3) is 0 Å². The Morgan fingerprint density at radius 2 is 2.45 bits per heavy atom. The molecule has 1 saturated heterocycles. The Labute approximate surface area is 116 Å². The molecule has 7 nitrogen and oxygen atoms in total. The van der Waals surface area contributed by atoms with E-state index in [-0.39, 0.29) is 11.9 Å². The number of piperidine rings is 1. The van der Waals surface area contributed by atoms with Crippen molar-refractivity contribution in [1.29, 1.82) is 0 Å². The molecular formula is C13H17N5O2. The number of nitrogens with one attached hydrogen (secondary N) is 1. The summed E-state index contributed by atoms with van der Waals surface area (Å²) >= 11 is 0. The van der Waals surface area contributed by atoms with Gasteiger partial charge in [0.05, 0.1) is 11.8 Å². The lowest BCUT2D eigenvalue weighted by Gasteiger charge is -2.35. The maximum atomic E-state index is 12.6. The lowest BCUT2D eigenvalue weighted by atomic mass is 9.98. The van der Waals surface area contributed by atoms with E-state index in [0.29, 0.717) is 23.6 Å². The van der Waals surface area contributed by atoms with Gasteiger partial charge in [-0.25, -0.2) is 0 Å². The molecule has 1 aliphatic rings. The number of hydrogen-bond acceptors (Lipinski definition) is 5. The van der Waals surface area contributed by atoms with Crippen LogP contribution >= 0.6 is 0 Å². The zero-order valence-corrected chi connectivity index (χ0v) is 11.4. The van der Waals surface area contributed by atoms with E-state index in [2.05, 4.69) is 20.6 Å². The smallest absolute Gasteiger partial charge is 0.257 e. The molecule has 1 N–H and O–H groups in total. The lowest BCUT2D eigenvalue weighted by molar-refractivity contribution is 0.0609. The van der Waals surface area contributed by atoms with E-state index in [4.69, 9.17) is 4.42 Å². The van der Waals surface area contributed by atoms with Crippen LogP contribution in [0.4, 0.5) is 0 Å². The summed E-state index contributed by atoms with van der Waals surface area (Å²) in [4.78, 5) is 14.5. The van der Waals surface area contributed by atoms with E-state index in [1.165, 1.54) is 0 Å². The molecule has 0 spiro atoms. The molecule has 2 aromatic rings. The summed E-state index contributed by atoms with van der Waals surface area (Å²) in [5, 5.41) is 14.0. The number of tetrazole rings is 1. The van der Waals surface area contributed by atoms with E-state index >= 15 is 0 Å². The molecule has 1 aliphatic heterocycles. The van der Waals surface area contributed by atoms with Gasteiger partial charge in [-0.1, -0.05) is 5.21 Å². The number of nitrogens with zero attached hydrogens (tertiary/aromatic N) is 4. The average molecular weight is 275 g/mol. The molecule has 0 bridgehead atoms.